The zero-order chi connectivity index (χ0) is 27.0. The van der Waals surface area contributed by atoms with Crippen molar-refractivity contribution in [1.82, 2.24) is 40.7 Å². The first-order valence-electron chi connectivity index (χ1n) is 11.9. The number of halogens is 1. The number of hydrogen-bond acceptors (Lipinski definition) is 7. The third-order valence-corrected chi connectivity index (χ3v) is 5.99. The summed E-state index contributed by atoms with van der Waals surface area (Å²) in [6, 6.07) is 20.9. The summed E-state index contributed by atoms with van der Waals surface area (Å²) in [6.45, 7) is 0. The van der Waals surface area contributed by atoms with Crippen LogP contribution in [0, 0.1) is 0 Å². The molecule has 1 atom stereocenters. The number of carbonyl (C=O) groups excluding carboxylic acids is 2. The van der Waals surface area contributed by atoms with E-state index in [-0.39, 0.29) is 5.91 Å². The van der Waals surface area contributed by atoms with Crippen LogP contribution in [-0.2, 0) is 16.0 Å². The number of aromatic nitrogens is 7. The zero-order valence-electron chi connectivity index (χ0n) is 20.4. The number of anilines is 1. The topological polar surface area (TPSA) is 143 Å². The third-order valence-electron chi connectivity index (χ3n) is 5.76. The van der Waals surface area contributed by atoms with Crippen LogP contribution in [0.25, 0.3) is 23.2 Å². The molecule has 194 valence electrons. The Balaban J connectivity index is 1.32. The fraction of sp³-hybridized carbons (Fsp3) is 0.0741. The predicted molar refractivity (Wildman–Crippen MR) is 146 cm³/mol. The van der Waals surface area contributed by atoms with E-state index < -0.39 is 11.9 Å². The fourth-order valence-electron chi connectivity index (χ4n) is 3.87. The molecule has 0 aliphatic heterocycles. The molecule has 0 aliphatic carbocycles. The van der Waals surface area contributed by atoms with Crippen molar-refractivity contribution in [3.05, 3.63) is 108 Å². The number of carbonyl (C=O) groups is 2. The Morgan fingerprint density at radius 3 is 2.59 bits per heavy atom. The van der Waals surface area contributed by atoms with E-state index >= 15 is 0 Å². The lowest BCUT2D eigenvalue weighted by Gasteiger charge is -2.18. The van der Waals surface area contributed by atoms with Crippen LogP contribution in [-0.4, -0.2) is 53.2 Å². The Morgan fingerprint density at radius 1 is 1.05 bits per heavy atom. The maximum Gasteiger partial charge on any atom is 0.247 e. The molecule has 0 spiro atoms. The van der Waals surface area contributed by atoms with Gasteiger partial charge in [-0.05, 0) is 64.5 Å². The minimum atomic E-state index is -0.836. The summed E-state index contributed by atoms with van der Waals surface area (Å²) in [7, 11) is 0. The molecule has 0 fully saturated rings. The van der Waals surface area contributed by atoms with Crippen LogP contribution in [0.5, 0.6) is 0 Å². The highest BCUT2D eigenvalue weighted by Crippen LogP contribution is 2.21. The summed E-state index contributed by atoms with van der Waals surface area (Å²) >= 11 is 6.17. The molecular formula is C27H22ClN9O2. The van der Waals surface area contributed by atoms with Crippen molar-refractivity contribution >= 4 is 35.2 Å². The molecule has 2 heterocycles. The Kier molecular flexibility index (Phi) is 7.79. The number of rotatable bonds is 9. The number of tetrazole rings is 1. The summed E-state index contributed by atoms with van der Waals surface area (Å²) in [5.74, 6) is -0.184. The number of benzene rings is 3. The van der Waals surface area contributed by atoms with Crippen LogP contribution in [0.3, 0.4) is 0 Å². The highest BCUT2D eigenvalue weighted by atomic mass is 35.5. The van der Waals surface area contributed by atoms with Crippen LogP contribution in [0.2, 0.25) is 5.02 Å². The maximum absolute atomic E-state index is 13.3. The molecule has 2 aromatic heterocycles. The monoisotopic (exact) mass is 539 g/mol. The molecule has 0 aliphatic rings. The van der Waals surface area contributed by atoms with Gasteiger partial charge in [-0.2, -0.15) is 9.78 Å². The van der Waals surface area contributed by atoms with Gasteiger partial charge >= 0.3 is 0 Å². The van der Waals surface area contributed by atoms with Crippen molar-refractivity contribution in [1.29, 1.82) is 0 Å². The largest absolute Gasteiger partial charge is 0.340 e. The molecular weight excluding hydrogens is 518 g/mol. The van der Waals surface area contributed by atoms with Gasteiger partial charge in [0.1, 0.15) is 18.7 Å². The highest BCUT2D eigenvalue weighted by Gasteiger charge is 2.21. The van der Waals surface area contributed by atoms with Crippen molar-refractivity contribution in [3.63, 3.8) is 0 Å². The van der Waals surface area contributed by atoms with Gasteiger partial charge in [0.25, 0.3) is 0 Å². The molecule has 0 unspecified atom stereocenters. The average molecular weight is 540 g/mol. The highest BCUT2D eigenvalue weighted by molar-refractivity contribution is 6.30. The third kappa shape index (κ3) is 6.59. The van der Waals surface area contributed by atoms with Gasteiger partial charge in [0.05, 0.1) is 5.69 Å². The number of amides is 2. The molecule has 5 aromatic rings. The summed E-state index contributed by atoms with van der Waals surface area (Å²) < 4.78 is 1.47. The van der Waals surface area contributed by atoms with E-state index in [1.807, 2.05) is 42.5 Å². The first-order chi connectivity index (χ1) is 19.0. The summed E-state index contributed by atoms with van der Waals surface area (Å²) in [5, 5.41) is 24.0. The molecule has 0 saturated heterocycles. The summed E-state index contributed by atoms with van der Waals surface area (Å²) in [4.78, 5) is 30.4. The molecule has 0 bridgehead atoms. The molecule has 2 amide bonds. The van der Waals surface area contributed by atoms with E-state index in [2.05, 4.69) is 41.3 Å². The summed E-state index contributed by atoms with van der Waals surface area (Å²) in [5.41, 5.74) is 3.57. The van der Waals surface area contributed by atoms with Crippen molar-refractivity contribution in [2.24, 2.45) is 0 Å². The van der Waals surface area contributed by atoms with Crippen LogP contribution in [0.15, 0.2) is 91.5 Å². The quantitative estimate of drug-likeness (QED) is 0.243. The first-order valence-corrected chi connectivity index (χ1v) is 12.2. The lowest BCUT2D eigenvalue weighted by atomic mass is 10.0. The smallest absolute Gasteiger partial charge is 0.247 e. The Labute approximate surface area is 227 Å². The maximum atomic E-state index is 13.3. The SMILES string of the molecule is O=C(/C=C/c1cc(Cl)ccc1-n1cnnn1)N[C@@H](Cc1ccccc1)C(=O)Nc1ccc(-c2ncn[nH]2)cc1. The van der Waals surface area contributed by atoms with Gasteiger partial charge in [-0.15, -0.1) is 5.10 Å². The second-order valence-corrected chi connectivity index (χ2v) is 8.88. The van der Waals surface area contributed by atoms with Gasteiger partial charge in [0.15, 0.2) is 5.82 Å². The molecule has 0 radical (unpaired) electrons. The van der Waals surface area contributed by atoms with Crippen molar-refractivity contribution in [2.75, 3.05) is 5.32 Å². The van der Waals surface area contributed by atoms with E-state index in [0.717, 1.165) is 11.1 Å². The molecule has 12 heteroatoms. The van der Waals surface area contributed by atoms with E-state index in [9.17, 15) is 9.59 Å². The zero-order valence-corrected chi connectivity index (χ0v) is 21.2. The van der Waals surface area contributed by atoms with Crippen LogP contribution < -0.4 is 10.6 Å². The normalized spacial score (nSPS) is 11.8. The van der Waals surface area contributed by atoms with Gasteiger partial charge in [0, 0.05) is 34.3 Å². The van der Waals surface area contributed by atoms with Crippen LogP contribution in [0.4, 0.5) is 5.69 Å². The second-order valence-electron chi connectivity index (χ2n) is 8.44. The predicted octanol–water partition coefficient (Wildman–Crippen LogP) is 3.48. The number of aromatic amines is 1. The molecule has 3 aromatic carbocycles. The van der Waals surface area contributed by atoms with E-state index in [1.165, 1.54) is 23.4 Å². The van der Waals surface area contributed by atoms with Crippen molar-refractivity contribution < 1.29 is 9.59 Å². The molecule has 11 nitrogen and oxygen atoms in total. The van der Waals surface area contributed by atoms with Gasteiger partial charge in [0.2, 0.25) is 11.8 Å². The number of nitrogens with one attached hydrogen (secondary N) is 3. The van der Waals surface area contributed by atoms with Crippen molar-refractivity contribution in [3.8, 4) is 17.1 Å². The molecule has 0 saturated carbocycles. The Bertz CT molecular complexity index is 1570. The Morgan fingerprint density at radius 2 is 1.87 bits per heavy atom. The second kappa shape index (κ2) is 11.9. The Hall–Kier alpha value is -5.16. The van der Waals surface area contributed by atoms with Crippen LogP contribution >= 0.6 is 11.6 Å². The summed E-state index contributed by atoms with van der Waals surface area (Å²) in [6.07, 6.45) is 6.11. The fourth-order valence-corrected chi connectivity index (χ4v) is 4.05. The molecule has 5 rings (SSSR count). The lowest BCUT2D eigenvalue weighted by Crippen LogP contribution is -2.44. The number of hydrogen-bond donors (Lipinski definition) is 3. The van der Waals surface area contributed by atoms with Crippen molar-refractivity contribution in [2.45, 2.75) is 12.5 Å². The minimum Gasteiger partial charge on any atom is -0.340 e. The first kappa shape index (κ1) is 25.5. The van der Waals surface area contributed by atoms with Gasteiger partial charge in [-0.25, -0.2) is 4.98 Å². The van der Waals surface area contributed by atoms with E-state index in [0.29, 0.717) is 34.2 Å². The van der Waals surface area contributed by atoms with Gasteiger partial charge in [-0.1, -0.05) is 41.9 Å². The number of H-pyrrole nitrogens is 1. The number of nitrogens with zero attached hydrogens (tertiary/aromatic N) is 6. The lowest BCUT2D eigenvalue weighted by molar-refractivity contribution is -0.123. The molecule has 39 heavy (non-hydrogen) atoms. The van der Waals surface area contributed by atoms with E-state index in [1.54, 1.807) is 36.4 Å². The van der Waals surface area contributed by atoms with Gasteiger partial charge < -0.3 is 10.6 Å². The van der Waals surface area contributed by atoms with Crippen LogP contribution in [0.1, 0.15) is 11.1 Å². The average Bonchev–Trinajstić information content (AvgIpc) is 3.68. The minimum absolute atomic E-state index is 0.301. The van der Waals surface area contributed by atoms with Gasteiger partial charge in [-0.3, -0.25) is 14.7 Å². The molecule has 3 N–H and O–H groups in total. The standard InChI is InChI=1S/C27H22ClN9O2/c28-21-9-12-24(37-17-31-35-36-37)20(15-21)8-13-25(38)33-23(14-18-4-2-1-3-5-18)27(39)32-22-10-6-19(7-11-22)26-29-16-30-34-26/h1-13,15-17,23H,14H2,(H,32,39)(H,33,38)(H,29,30,34)/b13-8+/t23-/m0/s1. The van der Waals surface area contributed by atoms with E-state index in [4.69, 9.17) is 11.6 Å².